The number of nitrogens with one attached hydrogen (secondary N) is 1. The van der Waals surface area contributed by atoms with E-state index in [0.717, 1.165) is 45.4 Å². The molecule has 0 atom stereocenters. The molecule has 0 unspecified atom stereocenters. The van der Waals surface area contributed by atoms with E-state index in [-0.39, 0.29) is 11.5 Å². The lowest BCUT2D eigenvalue weighted by Gasteiger charge is -2.53. The van der Waals surface area contributed by atoms with Crippen LogP contribution in [0.2, 0.25) is 0 Å². The molecule has 0 amide bonds. The average molecular weight is 352 g/mol. The van der Waals surface area contributed by atoms with Crippen LogP contribution in [-0.2, 0) is 19.5 Å². The van der Waals surface area contributed by atoms with Crippen molar-refractivity contribution in [2.45, 2.75) is 38.5 Å². The molecule has 0 radical (unpaired) electrons. The van der Waals surface area contributed by atoms with Gasteiger partial charge in [-0.3, -0.25) is 9.69 Å². The number of benzene rings is 1. The SMILES string of the molecule is O=c1cc(CN2CCc3ccccc3C2)occ1OC1CC2(CNC2)C1. The molecule has 3 heterocycles. The molecule has 0 bridgehead atoms. The molecule has 1 N–H and O–H groups in total. The quantitative estimate of drug-likeness (QED) is 0.915. The van der Waals surface area contributed by atoms with E-state index in [1.54, 1.807) is 6.07 Å². The summed E-state index contributed by atoms with van der Waals surface area (Å²) in [7, 11) is 0. The Labute approximate surface area is 153 Å². The first-order valence-electron chi connectivity index (χ1n) is 9.47. The van der Waals surface area contributed by atoms with Gasteiger partial charge in [0.2, 0.25) is 11.2 Å². The Morgan fingerprint density at radius 3 is 2.77 bits per heavy atom. The third-order valence-electron chi connectivity index (χ3n) is 6.06. The standard InChI is InChI=1S/C21H24N2O3/c24-19-7-17(11-23-6-5-15-3-1-2-4-16(15)10-23)25-12-20(19)26-18-8-21(9-18)13-22-14-21/h1-4,7,12,18,22H,5-6,8-11,13-14H2. The Balaban J connectivity index is 1.21. The van der Waals surface area contributed by atoms with E-state index in [9.17, 15) is 4.79 Å². The zero-order chi connectivity index (χ0) is 17.6. The Hall–Kier alpha value is -2.11. The molecular weight excluding hydrogens is 328 g/mol. The lowest BCUT2D eigenvalue weighted by atomic mass is 9.63. The Bertz CT molecular complexity index is 864. The minimum atomic E-state index is -0.0728. The second kappa shape index (κ2) is 6.25. The molecule has 5 heteroatoms. The molecule has 1 saturated heterocycles. The molecule has 3 aliphatic rings. The van der Waals surface area contributed by atoms with Crippen LogP contribution in [0.25, 0.3) is 0 Å². The van der Waals surface area contributed by atoms with Gasteiger partial charge in [0, 0.05) is 37.7 Å². The summed E-state index contributed by atoms with van der Waals surface area (Å²) in [5.41, 5.74) is 3.16. The Morgan fingerprint density at radius 2 is 2.04 bits per heavy atom. The maximum atomic E-state index is 12.4. The van der Waals surface area contributed by atoms with Gasteiger partial charge in [0.15, 0.2) is 0 Å². The molecule has 5 rings (SSSR count). The molecule has 1 spiro atoms. The van der Waals surface area contributed by atoms with E-state index in [4.69, 9.17) is 9.15 Å². The minimum absolute atomic E-state index is 0.0728. The minimum Gasteiger partial charge on any atom is -0.483 e. The van der Waals surface area contributed by atoms with E-state index in [0.29, 0.717) is 23.5 Å². The van der Waals surface area contributed by atoms with Crippen LogP contribution < -0.4 is 15.5 Å². The van der Waals surface area contributed by atoms with E-state index in [1.165, 1.54) is 17.4 Å². The molecule has 136 valence electrons. The van der Waals surface area contributed by atoms with Crippen LogP contribution in [0.4, 0.5) is 0 Å². The number of hydrogen-bond acceptors (Lipinski definition) is 5. The molecule has 1 saturated carbocycles. The second-order valence-corrected chi connectivity index (χ2v) is 8.06. The van der Waals surface area contributed by atoms with Crippen molar-refractivity contribution in [2.24, 2.45) is 5.41 Å². The van der Waals surface area contributed by atoms with Crippen molar-refractivity contribution >= 4 is 0 Å². The molecule has 2 aliphatic heterocycles. The zero-order valence-corrected chi connectivity index (χ0v) is 14.9. The summed E-state index contributed by atoms with van der Waals surface area (Å²) in [5, 5.41) is 3.31. The van der Waals surface area contributed by atoms with Crippen LogP contribution in [0, 0.1) is 5.41 Å². The lowest BCUT2D eigenvalue weighted by Crippen LogP contribution is -2.63. The number of fused-ring (bicyclic) bond motifs is 1. The summed E-state index contributed by atoms with van der Waals surface area (Å²) in [6.07, 6.45) is 4.77. The van der Waals surface area contributed by atoms with Gasteiger partial charge in [0.1, 0.15) is 18.1 Å². The van der Waals surface area contributed by atoms with Crippen molar-refractivity contribution in [3.05, 3.63) is 63.7 Å². The van der Waals surface area contributed by atoms with Crippen LogP contribution in [0.15, 0.2) is 45.8 Å². The fourth-order valence-corrected chi connectivity index (χ4v) is 4.45. The predicted octanol–water partition coefficient (Wildman–Crippen LogP) is 2.33. The van der Waals surface area contributed by atoms with Gasteiger partial charge in [-0.05, 0) is 30.4 Å². The topological polar surface area (TPSA) is 54.7 Å². The van der Waals surface area contributed by atoms with Crippen molar-refractivity contribution in [2.75, 3.05) is 19.6 Å². The highest BCUT2D eigenvalue weighted by Crippen LogP contribution is 2.45. The van der Waals surface area contributed by atoms with Gasteiger partial charge in [-0.25, -0.2) is 0 Å². The highest BCUT2D eigenvalue weighted by molar-refractivity contribution is 5.29. The van der Waals surface area contributed by atoms with E-state index in [1.807, 2.05) is 0 Å². The first-order valence-corrected chi connectivity index (χ1v) is 9.47. The monoisotopic (exact) mass is 352 g/mol. The molecule has 2 fully saturated rings. The number of ether oxygens (including phenoxy) is 1. The van der Waals surface area contributed by atoms with Crippen LogP contribution in [0.3, 0.4) is 0 Å². The zero-order valence-electron chi connectivity index (χ0n) is 14.9. The lowest BCUT2D eigenvalue weighted by molar-refractivity contribution is -0.0507. The van der Waals surface area contributed by atoms with Gasteiger partial charge in [-0.1, -0.05) is 24.3 Å². The van der Waals surface area contributed by atoms with Crippen molar-refractivity contribution < 1.29 is 9.15 Å². The summed E-state index contributed by atoms with van der Waals surface area (Å²) in [4.78, 5) is 14.7. The normalized spacial score (nSPS) is 21.7. The van der Waals surface area contributed by atoms with Gasteiger partial charge < -0.3 is 14.5 Å². The van der Waals surface area contributed by atoms with Crippen LogP contribution >= 0.6 is 0 Å². The van der Waals surface area contributed by atoms with Gasteiger partial charge in [0.05, 0.1) is 6.54 Å². The van der Waals surface area contributed by atoms with E-state index in [2.05, 4.69) is 34.5 Å². The molecule has 2 aromatic rings. The van der Waals surface area contributed by atoms with Gasteiger partial charge >= 0.3 is 0 Å². The highest BCUT2D eigenvalue weighted by atomic mass is 16.5. The molecule has 1 aromatic heterocycles. The second-order valence-electron chi connectivity index (χ2n) is 8.06. The first-order chi connectivity index (χ1) is 12.7. The largest absolute Gasteiger partial charge is 0.483 e. The summed E-state index contributed by atoms with van der Waals surface area (Å²) in [5.74, 6) is 1.06. The Morgan fingerprint density at radius 1 is 1.23 bits per heavy atom. The molecule has 1 aromatic carbocycles. The molecular formula is C21H24N2O3. The molecule has 1 aliphatic carbocycles. The van der Waals surface area contributed by atoms with Crippen molar-refractivity contribution in [1.82, 2.24) is 10.2 Å². The van der Waals surface area contributed by atoms with Crippen LogP contribution in [0.1, 0.15) is 29.7 Å². The number of nitrogens with zero attached hydrogens (tertiary/aromatic N) is 1. The summed E-state index contributed by atoms with van der Waals surface area (Å²) >= 11 is 0. The maximum Gasteiger partial charge on any atom is 0.227 e. The smallest absolute Gasteiger partial charge is 0.227 e. The van der Waals surface area contributed by atoms with Gasteiger partial charge in [-0.15, -0.1) is 0 Å². The van der Waals surface area contributed by atoms with Crippen molar-refractivity contribution in [3.63, 3.8) is 0 Å². The predicted molar refractivity (Wildman–Crippen MR) is 98.2 cm³/mol. The fraction of sp³-hybridized carbons (Fsp3) is 0.476. The first kappa shape index (κ1) is 16.1. The van der Waals surface area contributed by atoms with Crippen molar-refractivity contribution in [3.8, 4) is 5.75 Å². The van der Waals surface area contributed by atoms with Crippen LogP contribution in [-0.4, -0.2) is 30.6 Å². The summed E-state index contributed by atoms with van der Waals surface area (Å²) < 4.78 is 11.6. The van der Waals surface area contributed by atoms with Gasteiger partial charge in [0.25, 0.3) is 0 Å². The molecule has 26 heavy (non-hydrogen) atoms. The van der Waals surface area contributed by atoms with Crippen LogP contribution in [0.5, 0.6) is 5.75 Å². The highest BCUT2D eigenvalue weighted by Gasteiger charge is 2.49. The maximum absolute atomic E-state index is 12.4. The Kier molecular flexibility index (Phi) is 3.87. The number of rotatable bonds is 4. The number of hydrogen-bond donors (Lipinski definition) is 1. The molecule has 5 nitrogen and oxygen atoms in total. The van der Waals surface area contributed by atoms with Gasteiger partial charge in [-0.2, -0.15) is 0 Å². The third kappa shape index (κ3) is 2.95. The van der Waals surface area contributed by atoms with Crippen molar-refractivity contribution in [1.29, 1.82) is 0 Å². The summed E-state index contributed by atoms with van der Waals surface area (Å²) in [6.45, 7) is 4.70. The summed E-state index contributed by atoms with van der Waals surface area (Å²) in [6, 6.07) is 10.1. The average Bonchev–Trinajstić information content (AvgIpc) is 2.57. The van der Waals surface area contributed by atoms with E-state index >= 15 is 0 Å². The van der Waals surface area contributed by atoms with E-state index < -0.39 is 0 Å². The third-order valence-corrected chi connectivity index (χ3v) is 6.06. The fourth-order valence-electron chi connectivity index (χ4n) is 4.45.